The highest BCUT2D eigenvalue weighted by molar-refractivity contribution is 6.32. The molecular weight excluding hydrogens is 236 g/mol. The van der Waals surface area contributed by atoms with Gasteiger partial charge in [-0.15, -0.1) is 0 Å². The number of halogens is 1. The lowest BCUT2D eigenvalue weighted by Crippen LogP contribution is -1.97. The van der Waals surface area contributed by atoms with E-state index in [2.05, 4.69) is 5.10 Å². The fraction of sp³-hybridized carbons (Fsp3) is 0.308. The van der Waals surface area contributed by atoms with Gasteiger partial charge >= 0.3 is 0 Å². The Balaban J connectivity index is 1.96. The van der Waals surface area contributed by atoms with Gasteiger partial charge in [-0.3, -0.25) is 0 Å². The summed E-state index contributed by atoms with van der Waals surface area (Å²) in [6, 6.07) is 7.57. The molecule has 1 saturated carbocycles. The Hall–Kier alpha value is -1.32. The average Bonchev–Trinajstić information content (AvgIpc) is 3.08. The monoisotopic (exact) mass is 248 g/mol. The van der Waals surface area contributed by atoms with Crippen molar-refractivity contribution in [2.75, 3.05) is 0 Å². The van der Waals surface area contributed by atoms with Crippen LogP contribution in [0.25, 0.3) is 5.69 Å². The van der Waals surface area contributed by atoms with Crippen molar-refractivity contribution in [2.24, 2.45) is 0 Å². The average molecular weight is 249 g/mol. The molecule has 88 valence electrons. The molecule has 4 heteroatoms. The van der Waals surface area contributed by atoms with Crippen LogP contribution in [0.15, 0.2) is 30.5 Å². The van der Waals surface area contributed by atoms with Crippen LogP contribution in [0.3, 0.4) is 0 Å². The molecule has 0 spiro atoms. The summed E-state index contributed by atoms with van der Waals surface area (Å²) in [6.45, 7) is 0.00638. The van der Waals surface area contributed by atoms with Gasteiger partial charge in [-0.25, -0.2) is 4.68 Å². The van der Waals surface area contributed by atoms with E-state index < -0.39 is 0 Å². The Kier molecular flexibility index (Phi) is 2.65. The van der Waals surface area contributed by atoms with Crippen LogP contribution in [0.4, 0.5) is 0 Å². The van der Waals surface area contributed by atoms with E-state index in [0.29, 0.717) is 10.9 Å². The van der Waals surface area contributed by atoms with E-state index in [0.717, 1.165) is 16.9 Å². The Morgan fingerprint density at radius 1 is 1.35 bits per heavy atom. The molecule has 0 unspecified atom stereocenters. The number of hydrogen-bond acceptors (Lipinski definition) is 2. The Labute approximate surface area is 105 Å². The minimum atomic E-state index is 0.00638. The molecule has 0 bridgehead atoms. The summed E-state index contributed by atoms with van der Waals surface area (Å²) < 4.78 is 1.80. The number of hydrogen-bond donors (Lipinski definition) is 1. The number of aliphatic hydroxyl groups excluding tert-OH is 1. The molecule has 0 atom stereocenters. The van der Waals surface area contributed by atoms with Crippen LogP contribution in [-0.4, -0.2) is 14.9 Å². The zero-order valence-electron chi connectivity index (χ0n) is 9.31. The van der Waals surface area contributed by atoms with Gasteiger partial charge in [0.1, 0.15) is 0 Å². The molecule has 17 heavy (non-hydrogen) atoms. The molecule has 3 rings (SSSR count). The highest BCUT2D eigenvalue weighted by Gasteiger charge is 2.26. The van der Waals surface area contributed by atoms with Gasteiger partial charge < -0.3 is 5.11 Å². The number of aromatic nitrogens is 2. The van der Waals surface area contributed by atoms with Gasteiger partial charge in [0.15, 0.2) is 0 Å². The van der Waals surface area contributed by atoms with Crippen molar-refractivity contribution in [3.05, 3.63) is 46.7 Å². The van der Waals surface area contributed by atoms with Crippen molar-refractivity contribution in [2.45, 2.75) is 25.4 Å². The second-order valence-electron chi connectivity index (χ2n) is 4.40. The van der Waals surface area contributed by atoms with E-state index in [9.17, 15) is 0 Å². The number of benzene rings is 1. The predicted molar refractivity (Wildman–Crippen MR) is 66.5 cm³/mol. The first-order chi connectivity index (χ1) is 8.28. The standard InChI is InChI=1S/C13H13ClN2O/c14-11-7-9(8-17)1-4-13(11)16-6-5-12(15-16)10-2-3-10/h1,4-7,10,17H,2-3,8H2. The summed E-state index contributed by atoms with van der Waals surface area (Å²) in [5.74, 6) is 0.645. The molecule has 1 N–H and O–H groups in total. The smallest absolute Gasteiger partial charge is 0.0832 e. The summed E-state index contributed by atoms with van der Waals surface area (Å²) in [4.78, 5) is 0. The SMILES string of the molecule is OCc1ccc(-n2ccc(C3CC3)n2)c(Cl)c1. The van der Waals surface area contributed by atoms with Crippen LogP contribution in [0.5, 0.6) is 0 Å². The molecule has 1 heterocycles. The molecule has 1 aromatic carbocycles. The highest BCUT2D eigenvalue weighted by Crippen LogP contribution is 2.39. The molecule has 0 aliphatic heterocycles. The molecule has 1 aliphatic carbocycles. The third-order valence-corrected chi connectivity index (χ3v) is 3.35. The summed E-state index contributed by atoms with van der Waals surface area (Å²) in [7, 11) is 0. The Morgan fingerprint density at radius 3 is 2.82 bits per heavy atom. The van der Waals surface area contributed by atoms with Gasteiger partial charge in [0.25, 0.3) is 0 Å². The third-order valence-electron chi connectivity index (χ3n) is 3.05. The topological polar surface area (TPSA) is 38.0 Å². The van der Waals surface area contributed by atoms with Crippen molar-refractivity contribution in [1.82, 2.24) is 9.78 Å². The molecule has 2 aromatic rings. The second-order valence-corrected chi connectivity index (χ2v) is 4.81. The van der Waals surface area contributed by atoms with Gasteiger partial charge in [-0.05, 0) is 36.6 Å². The molecule has 1 aliphatic rings. The van der Waals surface area contributed by atoms with E-state index >= 15 is 0 Å². The Morgan fingerprint density at radius 2 is 2.18 bits per heavy atom. The zero-order chi connectivity index (χ0) is 11.8. The quantitative estimate of drug-likeness (QED) is 0.907. The van der Waals surface area contributed by atoms with Gasteiger partial charge in [-0.1, -0.05) is 17.7 Å². The minimum Gasteiger partial charge on any atom is -0.392 e. The van der Waals surface area contributed by atoms with Gasteiger partial charge in [0.2, 0.25) is 0 Å². The van der Waals surface area contributed by atoms with E-state index in [4.69, 9.17) is 16.7 Å². The predicted octanol–water partition coefficient (Wildman–Crippen LogP) is 2.90. The first-order valence-electron chi connectivity index (χ1n) is 5.73. The number of nitrogens with zero attached hydrogens (tertiary/aromatic N) is 2. The summed E-state index contributed by atoms with van der Waals surface area (Å²) in [5, 5.41) is 14.2. The zero-order valence-corrected chi connectivity index (χ0v) is 10.1. The lowest BCUT2D eigenvalue weighted by atomic mass is 10.2. The van der Waals surface area contributed by atoms with Crippen molar-refractivity contribution in [3.8, 4) is 5.69 Å². The van der Waals surface area contributed by atoms with E-state index in [1.807, 2.05) is 24.4 Å². The van der Waals surface area contributed by atoms with Crippen molar-refractivity contribution >= 4 is 11.6 Å². The van der Waals surface area contributed by atoms with E-state index in [1.54, 1.807) is 10.7 Å². The first-order valence-corrected chi connectivity index (χ1v) is 6.11. The van der Waals surface area contributed by atoms with Crippen LogP contribution in [0.1, 0.15) is 30.0 Å². The molecule has 0 saturated heterocycles. The first kappa shape index (κ1) is 10.8. The molecule has 1 fully saturated rings. The Bertz CT molecular complexity index is 546. The summed E-state index contributed by atoms with van der Waals surface area (Å²) in [6.07, 6.45) is 4.43. The maximum Gasteiger partial charge on any atom is 0.0832 e. The van der Waals surface area contributed by atoms with Crippen LogP contribution in [-0.2, 0) is 6.61 Å². The van der Waals surface area contributed by atoms with Gasteiger partial charge in [0, 0.05) is 12.1 Å². The van der Waals surface area contributed by atoms with Gasteiger partial charge in [0.05, 0.1) is 23.0 Å². The third kappa shape index (κ3) is 2.08. The highest BCUT2D eigenvalue weighted by atomic mass is 35.5. The van der Waals surface area contributed by atoms with Crippen LogP contribution in [0, 0.1) is 0 Å². The molecule has 1 aromatic heterocycles. The summed E-state index contributed by atoms with van der Waals surface area (Å²) in [5.41, 5.74) is 2.82. The number of aliphatic hydroxyl groups is 1. The normalized spacial score (nSPS) is 15.2. The fourth-order valence-electron chi connectivity index (χ4n) is 1.90. The van der Waals surface area contributed by atoms with Crippen LogP contribution >= 0.6 is 11.6 Å². The summed E-state index contributed by atoms with van der Waals surface area (Å²) >= 11 is 6.18. The molecule has 0 radical (unpaired) electrons. The lowest BCUT2D eigenvalue weighted by Gasteiger charge is -2.05. The number of rotatable bonds is 3. The largest absolute Gasteiger partial charge is 0.392 e. The lowest BCUT2D eigenvalue weighted by molar-refractivity contribution is 0.282. The fourth-order valence-corrected chi connectivity index (χ4v) is 2.19. The van der Waals surface area contributed by atoms with Crippen molar-refractivity contribution in [3.63, 3.8) is 0 Å². The van der Waals surface area contributed by atoms with Crippen LogP contribution in [0.2, 0.25) is 5.02 Å². The van der Waals surface area contributed by atoms with Gasteiger partial charge in [-0.2, -0.15) is 5.10 Å². The molecular formula is C13H13ClN2O. The maximum atomic E-state index is 9.03. The second kappa shape index (κ2) is 4.17. The van der Waals surface area contributed by atoms with Crippen molar-refractivity contribution < 1.29 is 5.11 Å². The molecule has 0 amide bonds. The van der Waals surface area contributed by atoms with Crippen molar-refractivity contribution in [1.29, 1.82) is 0 Å². The minimum absolute atomic E-state index is 0.00638. The molecule has 3 nitrogen and oxygen atoms in total. The van der Waals surface area contributed by atoms with E-state index in [1.165, 1.54) is 12.8 Å². The van der Waals surface area contributed by atoms with E-state index in [-0.39, 0.29) is 6.61 Å². The van der Waals surface area contributed by atoms with Crippen LogP contribution < -0.4 is 0 Å². The maximum absolute atomic E-state index is 9.03.